The molecule has 0 spiro atoms. The molecule has 1 amide bonds. The Bertz CT molecular complexity index is 365. The monoisotopic (exact) mass is 279 g/mol. The Labute approximate surface area is 122 Å². The van der Waals surface area contributed by atoms with Crippen LogP contribution in [0.1, 0.15) is 51.4 Å². The first-order chi connectivity index (χ1) is 9.63. The normalized spacial score (nSPS) is 36.1. The Kier molecular flexibility index (Phi) is 4.04. The third kappa shape index (κ3) is 2.60. The first kappa shape index (κ1) is 14.3. The molecule has 3 aliphatic rings. The van der Waals surface area contributed by atoms with Crippen LogP contribution in [0.4, 0.5) is 0 Å². The summed E-state index contributed by atoms with van der Waals surface area (Å²) in [5, 5.41) is 0. The van der Waals surface area contributed by atoms with Crippen LogP contribution in [0.2, 0.25) is 0 Å². The van der Waals surface area contributed by atoms with Crippen LogP contribution in [-0.4, -0.2) is 36.5 Å². The first-order valence-corrected chi connectivity index (χ1v) is 8.37. The van der Waals surface area contributed by atoms with Crippen LogP contribution < -0.4 is 11.5 Å². The van der Waals surface area contributed by atoms with Crippen molar-refractivity contribution in [2.24, 2.45) is 28.7 Å². The van der Waals surface area contributed by atoms with Gasteiger partial charge in [0, 0.05) is 25.6 Å². The lowest BCUT2D eigenvalue weighted by atomic mass is 9.71. The lowest BCUT2D eigenvalue weighted by Crippen LogP contribution is -2.40. The molecule has 3 rings (SSSR count). The fraction of sp³-hybridized carbons (Fsp3) is 0.938. The molecule has 0 aromatic heterocycles. The molecule has 1 saturated heterocycles. The molecule has 20 heavy (non-hydrogen) atoms. The summed E-state index contributed by atoms with van der Waals surface area (Å²) in [5.41, 5.74) is 12.3. The molecular formula is C16H29N3O. The molecule has 2 aliphatic carbocycles. The number of amides is 1. The maximum absolute atomic E-state index is 12.6. The van der Waals surface area contributed by atoms with Gasteiger partial charge < -0.3 is 16.4 Å². The van der Waals surface area contributed by atoms with Crippen molar-refractivity contribution in [2.75, 3.05) is 19.6 Å². The lowest BCUT2D eigenvalue weighted by Gasteiger charge is -2.37. The molecule has 4 heteroatoms. The minimum atomic E-state index is 0.0924. The summed E-state index contributed by atoms with van der Waals surface area (Å²) in [6.45, 7) is 2.50. The van der Waals surface area contributed by atoms with Crippen molar-refractivity contribution >= 4 is 5.91 Å². The van der Waals surface area contributed by atoms with Crippen LogP contribution in [-0.2, 0) is 4.79 Å². The van der Waals surface area contributed by atoms with Gasteiger partial charge in [-0.1, -0.05) is 19.3 Å². The predicted octanol–water partition coefficient (Wildman–Crippen LogP) is 1.48. The summed E-state index contributed by atoms with van der Waals surface area (Å²) >= 11 is 0. The smallest absolute Gasteiger partial charge is 0.223 e. The van der Waals surface area contributed by atoms with E-state index in [1.807, 2.05) is 0 Å². The zero-order valence-electron chi connectivity index (χ0n) is 12.5. The van der Waals surface area contributed by atoms with Gasteiger partial charge in [0.1, 0.15) is 0 Å². The Morgan fingerprint density at radius 3 is 2.55 bits per heavy atom. The second-order valence-electron chi connectivity index (χ2n) is 7.41. The molecule has 3 atom stereocenters. The van der Waals surface area contributed by atoms with Gasteiger partial charge in [0.15, 0.2) is 0 Å². The Balaban J connectivity index is 1.59. The van der Waals surface area contributed by atoms with Crippen LogP contribution in [0.15, 0.2) is 0 Å². The first-order valence-electron chi connectivity index (χ1n) is 8.37. The topological polar surface area (TPSA) is 72.4 Å². The number of nitrogens with two attached hydrogens (primary N) is 2. The molecule has 0 aromatic carbocycles. The maximum atomic E-state index is 12.6. The Morgan fingerprint density at radius 1 is 1.15 bits per heavy atom. The van der Waals surface area contributed by atoms with Crippen molar-refractivity contribution in [3.05, 3.63) is 0 Å². The van der Waals surface area contributed by atoms with Crippen molar-refractivity contribution in [2.45, 2.75) is 57.4 Å². The molecule has 2 saturated carbocycles. The molecule has 1 aliphatic heterocycles. The van der Waals surface area contributed by atoms with Crippen molar-refractivity contribution in [1.29, 1.82) is 0 Å². The Morgan fingerprint density at radius 2 is 1.90 bits per heavy atom. The van der Waals surface area contributed by atoms with Crippen LogP contribution in [0, 0.1) is 17.3 Å². The van der Waals surface area contributed by atoms with Gasteiger partial charge in [-0.15, -0.1) is 0 Å². The molecule has 0 bridgehead atoms. The fourth-order valence-corrected chi connectivity index (χ4v) is 4.70. The molecule has 4 N–H and O–H groups in total. The average molecular weight is 279 g/mol. The average Bonchev–Trinajstić information content (AvgIpc) is 3.03. The minimum Gasteiger partial charge on any atom is -0.342 e. The van der Waals surface area contributed by atoms with Gasteiger partial charge in [0.05, 0.1) is 0 Å². The molecular weight excluding hydrogens is 250 g/mol. The highest BCUT2D eigenvalue weighted by atomic mass is 16.2. The van der Waals surface area contributed by atoms with Crippen molar-refractivity contribution < 1.29 is 4.79 Å². The maximum Gasteiger partial charge on any atom is 0.223 e. The highest BCUT2D eigenvalue weighted by Crippen LogP contribution is 2.41. The summed E-state index contributed by atoms with van der Waals surface area (Å²) in [6, 6.07) is 0.316. The molecule has 4 nitrogen and oxygen atoms in total. The van der Waals surface area contributed by atoms with Crippen molar-refractivity contribution in [3.63, 3.8) is 0 Å². The van der Waals surface area contributed by atoms with Gasteiger partial charge >= 0.3 is 0 Å². The number of fused-ring (bicyclic) bond motifs is 1. The number of rotatable bonds is 3. The largest absolute Gasteiger partial charge is 0.342 e. The number of hydrogen-bond donors (Lipinski definition) is 2. The molecule has 114 valence electrons. The molecule has 1 heterocycles. The summed E-state index contributed by atoms with van der Waals surface area (Å²) in [5.74, 6) is 1.55. The third-order valence-electron chi connectivity index (χ3n) is 6.14. The number of nitrogens with zero attached hydrogens (tertiary/aromatic N) is 1. The van der Waals surface area contributed by atoms with Gasteiger partial charge in [0.25, 0.3) is 0 Å². The van der Waals surface area contributed by atoms with Gasteiger partial charge in [-0.2, -0.15) is 0 Å². The standard InChI is InChI=1S/C16H29N3O/c17-11-16(6-2-1-3-7-16)8-15(20)19-9-12-4-5-14(18)13(12)10-19/h12-14H,1-11,17-18H2. The molecule has 0 aromatic rings. The molecule has 3 fully saturated rings. The van der Waals surface area contributed by atoms with E-state index < -0.39 is 0 Å². The zero-order valence-corrected chi connectivity index (χ0v) is 12.5. The lowest BCUT2D eigenvalue weighted by molar-refractivity contribution is -0.133. The van der Waals surface area contributed by atoms with E-state index in [9.17, 15) is 4.79 Å². The second-order valence-corrected chi connectivity index (χ2v) is 7.41. The van der Waals surface area contributed by atoms with Gasteiger partial charge in [0.2, 0.25) is 5.91 Å². The third-order valence-corrected chi connectivity index (χ3v) is 6.14. The van der Waals surface area contributed by atoms with Crippen LogP contribution in [0.25, 0.3) is 0 Å². The minimum absolute atomic E-state index is 0.0924. The summed E-state index contributed by atoms with van der Waals surface area (Å²) < 4.78 is 0. The van der Waals surface area contributed by atoms with E-state index in [0.29, 0.717) is 36.8 Å². The van der Waals surface area contributed by atoms with Gasteiger partial charge in [-0.05, 0) is 49.5 Å². The van der Waals surface area contributed by atoms with E-state index in [0.717, 1.165) is 32.4 Å². The molecule has 3 unspecified atom stereocenters. The van der Waals surface area contributed by atoms with Crippen LogP contribution in [0.5, 0.6) is 0 Å². The van der Waals surface area contributed by atoms with Crippen LogP contribution in [0.3, 0.4) is 0 Å². The van der Waals surface area contributed by atoms with Crippen molar-refractivity contribution in [1.82, 2.24) is 4.90 Å². The number of carbonyl (C=O) groups is 1. The van der Waals surface area contributed by atoms with E-state index in [4.69, 9.17) is 11.5 Å². The number of likely N-dealkylation sites (tertiary alicyclic amines) is 1. The van der Waals surface area contributed by atoms with Crippen LogP contribution >= 0.6 is 0 Å². The van der Waals surface area contributed by atoms with Gasteiger partial charge in [-0.3, -0.25) is 4.79 Å². The van der Waals surface area contributed by atoms with E-state index in [2.05, 4.69) is 4.90 Å². The predicted molar refractivity (Wildman–Crippen MR) is 80.0 cm³/mol. The van der Waals surface area contributed by atoms with Gasteiger partial charge in [-0.25, -0.2) is 0 Å². The summed E-state index contributed by atoms with van der Waals surface area (Å²) in [7, 11) is 0. The SMILES string of the molecule is NCC1(CC(=O)N2CC3CCC(N)C3C2)CCCCC1. The molecule has 0 radical (unpaired) electrons. The van der Waals surface area contributed by atoms with E-state index in [-0.39, 0.29) is 5.41 Å². The second kappa shape index (κ2) is 5.64. The van der Waals surface area contributed by atoms with Crippen molar-refractivity contribution in [3.8, 4) is 0 Å². The van der Waals surface area contributed by atoms with E-state index >= 15 is 0 Å². The number of carbonyl (C=O) groups excluding carboxylic acids is 1. The highest BCUT2D eigenvalue weighted by Gasteiger charge is 2.43. The summed E-state index contributed by atoms with van der Waals surface area (Å²) in [4.78, 5) is 14.7. The highest BCUT2D eigenvalue weighted by molar-refractivity contribution is 5.77. The van der Waals surface area contributed by atoms with E-state index in [1.165, 1.54) is 25.7 Å². The zero-order chi connectivity index (χ0) is 14.2. The van der Waals surface area contributed by atoms with E-state index in [1.54, 1.807) is 0 Å². The fourth-order valence-electron chi connectivity index (χ4n) is 4.70. The quantitative estimate of drug-likeness (QED) is 0.822. The summed E-state index contributed by atoms with van der Waals surface area (Å²) in [6.07, 6.45) is 9.06. The number of hydrogen-bond acceptors (Lipinski definition) is 3. The Hall–Kier alpha value is -0.610.